The second-order valence-corrected chi connectivity index (χ2v) is 4.20. The number of nitrogen functional groups attached to an aromatic ring is 1. The Morgan fingerprint density at radius 3 is 2.50 bits per heavy atom. The maximum absolute atomic E-state index is 5.67. The summed E-state index contributed by atoms with van der Waals surface area (Å²) in [6.07, 6.45) is 2.44. The van der Waals surface area contributed by atoms with Gasteiger partial charge in [-0.05, 0) is 33.0 Å². The highest BCUT2D eigenvalue weighted by atomic mass is 15.3. The van der Waals surface area contributed by atoms with Gasteiger partial charge in [-0.1, -0.05) is 0 Å². The molecule has 0 spiro atoms. The largest absolute Gasteiger partial charge is 0.382 e. The lowest BCUT2D eigenvalue weighted by molar-refractivity contribution is 0.251. The SMILES string of the molecule is CN1CCC(c2cc(N)nn2C)CC1. The Kier molecular flexibility index (Phi) is 2.46. The van der Waals surface area contributed by atoms with Crippen molar-refractivity contribution in [2.24, 2.45) is 7.05 Å². The van der Waals surface area contributed by atoms with Gasteiger partial charge in [0.2, 0.25) is 0 Å². The quantitative estimate of drug-likeness (QED) is 0.719. The summed E-state index contributed by atoms with van der Waals surface area (Å²) in [5, 5.41) is 4.19. The van der Waals surface area contributed by atoms with Crippen LogP contribution in [0.15, 0.2) is 6.07 Å². The molecule has 1 aliphatic rings. The van der Waals surface area contributed by atoms with Crippen LogP contribution in [0.25, 0.3) is 0 Å². The number of piperidine rings is 1. The molecule has 0 aliphatic carbocycles. The van der Waals surface area contributed by atoms with Gasteiger partial charge < -0.3 is 10.6 Å². The molecule has 0 radical (unpaired) electrons. The molecule has 1 aromatic heterocycles. The van der Waals surface area contributed by atoms with E-state index in [0.717, 1.165) is 0 Å². The van der Waals surface area contributed by atoms with E-state index in [-0.39, 0.29) is 0 Å². The van der Waals surface area contributed by atoms with Crippen LogP contribution in [0.2, 0.25) is 0 Å². The monoisotopic (exact) mass is 194 g/mol. The molecule has 1 saturated heterocycles. The average molecular weight is 194 g/mol. The number of nitrogens with zero attached hydrogens (tertiary/aromatic N) is 3. The molecule has 2 rings (SSSR count). The normalized spacial score (nSPS) is 20.1. The second kappa shape index (κ2) is 3.61. The van der Waals surface area contributed by atoms with E-state index in [2.05, 4.69) is 17.0 Å². The van der Waals surface area contributed by atoms with E-state index in [4.69, 9.17) is 5.73 Å². The van der Waals surface area contributed by atoms with E-state index in [0.29, 0.717) is 11.7 Å². The Morgan fingerprint density at radius 1 is 1.36 bits per heavy atom. The maximum atomic E-state index is 5.67. The molecule has 0 atom stereocenters. The average Bonchev–Trinajstić information content (AvgIpc) is 2.47. The molecule has 4 nitrogen and oxygen atoms in total. The van der Waals surface area contributed by atoms with Gasteiger partial charge in [0.25, 0.3) is 0 Å². The van der Waals surface area contributed by atoms with Gasteiger partial charge in [0.15, 0.2) is 0 Å². The number of aryl methyl sites for hydroxylation is 1. The molecule has 0 aromatic carbocycles. The van der Waals surface area contributed by atoms with E-state index in [1.54, 1.807) is 0 Å². The lowest BCUT2D eigenvalue weighted by Crippen LogP contribution is -2.29. The highest BCUT2D eigenvalue weighted by Crippen LogP contribution is 2.27. The molecule has 0 amide bonds. The molecule has 0 unspecified atom stereocenters. The van der Waals surface area contributed by atoms with Gasteiger partial charge in [-0.2, -0.15) is 5.10 Å². The molecule has 2 N–H and O–H groups in total. The smallest absolute Gasteiger partial charge is 0.145 e. The van der Waals surface area contributed by atoms with Crippen molar-refractivity contribution in [2.45, 2.75) is 18.8 Å². The third-order valence-electron chi connectivity index (χ3n) is 3.07. The fraction of sp³-hybridized carbons (Fsp3) is 0.700. The maximum Gasteiger partial charge on any atom is 0.145 e. The van der Waals surface area contributed by atoms with Crippen molar-refractivity contribution in [3.8, 4) is 0 Å². The molecule has 78 valence electrons. The number of nitrogens with two attached hydrogens (primary N) is 1. The number of aromatic nitrogens is 2. The van der Waals surface area contributed by atoms with Crippen LogP contribution in [-0.2, 0) is 7.05 Å². The van der Waals surface area contributed by atoms with Gasteiger partial charge in [-0.3, -0.25) is 4.68 Å². The first-order chi connectivity index (χ1) is 6.66. The standard InChI is InChI=1S/C10H18N4/c1-13-5-3-8(4-6-13)9-7-10(11)12-14(9)2/h7-8H,3-6H2,1-2H3,(H2,11,12). The number of rotatable bonds is 1. The van der Waals surface area contributed by atoms with Gasteiger partial charge in [-0.25, -0.2) is 0 Å². The second-order valence-electron chi connectivity index (χ2n) is 4.20. The van der Waals surface area contributed by atoms with Crippen molar-refractivity contribution >= 4 is 5.82 Å². The Morgan fingerprint density at radius 2 is 2.00 bits per heavy atom. The Balaban J connectivity index is 2.11. The third kappa shape index (κ3) is 1.75. The number of hydrogen-bond donors (Lipinski definition) is 1. The van der Waals surface area contributed by atoms with Crippen LogP contribution in [0.5, 0.6) is 0 Å². The molecule has 1 fully saturated rings. The number of hydrogen-bond acceptors (Lipinski definition) is 3. The predicted molar refractivity (Wildman–Crippen MR) is 57.1 cm³/mol. The molecule has 1 aromatic rings. The molecule has 0 bridgehead atoms. The Labute approximate surface area is 84.7 Å². The molecular weight excluding hydrogens is 176 g/mol. The van der Waals surface area contributed by atoms with Crippen LogP contribution in [0, 0.1) is 0 Å². The van der Waals surface area contributed by atoms with E-state index in [1.165, 1.54) is 31.6 Å². The summed E-state index contributed by atoms with van der Waals surface area (Å²) in [6, 6.07) is 2.01. The van der Waals surface area contributed by atoms with Gasteiger partial charge in [0.05, 0.1) is 0 Å². The highest BCUT2D eigenvalue weighted by Gasteiger charge is 2.21. The number of anilines is 1. The summed E-state index contributed by atoms with van der Waals surface area (Å²) < 4.78 is 1.92. The van der Waals surface area contributed by atoms with Crippen molar-refractivity contribution < 1.29 is 0 Å². The van der Waals surface area contributed by atoms with Crippen LogP contribution in [-0.4, -0.2) is 34.8 Å². The van der Waals surface area contributed by atoms with E-state index < -0.39 is 0 Å². The van der Waals surface area contributed by atoms with Crippen LogP contribution < -0.4 is 5.73 Å². The van der Waals surface area contributed by atoms with E-state index >= 15 is 0 Å². The summed E-state index contributed by atoms with van der Waals surface area (Å²) in [4.78, 5) is 2.37. The minimum atomic E-state index is 0.640. The Bertz CT molecular complexity index is 310. The van der Waals surface area contributed by atoms with Crippen LogP contribution in [0.4, 0.5) is 5.82 Å². The van der Waals surface area contributed by atoms with Crippen molar-refractivity contribution in [3.63, 3.8) is 0 Å². The first-order valence-electron chi connectivity index (χ1n) is 5.15. The lowest BCUT2D eigenvalue weighted by atomic mass is 9.94. The summed E-state index contributed by atoms with van der Waals surface area (Å²) in [7, 11) is 4.15. The first kappa shape index (κ1) is 9.52. The van der Waals surface area contributed by atoms with Gasteiger partial charge in [0, 0.05) is 24.7 Å². The van der Waals surface area contributed by atoms with E-state index in [9.17, 15) is 0 Å². The highest BCUT2D eigenvalue weighted by molar-refractivity contribution is 5.31. The molecule has 1 aliphatic heterocycles. The minimum absolute atomic E-state index is 0.640. The van der Waals surface area contributed by atoms with Gasteiger partial charge in [-0.15, -0.1) is 0 Å². The summed E-state index contributed by atoms with van der Waals surface area (Å²) in [5.74, 6) is 1.28. The van der Waals surface area contributed by atoms with Crippen molar-refractivity contribution in [1.29, 1.82) is 0 Å². The van der Waals surface area contributed by atoms with Crippen LogP contribution in [0.3, 0.4) is 0 Å². The summed E-state index contributed by atoms with van der Waals surface area (Å²) in [5.41, 5.74) is 6.96. The van der Waals surface area contributed by atoms with Gasteiger partial charge in [0.1, 0.15) is 5.82 Å². The lowest BCUT2D eigenvalue weighted by Gasteiger charge is -2.28. The zero-order chi connectivity index (χ0) is 10.1. The predicted octanol–water partition coefficient (Wildman–Crippen LogP) is 0.811. The zero-order valence-electron chi connectivity index (χ0n) is 8.90. The third-order valence-corrected chi connectivity index (χ3v) is 3.07. The minimum Gasteiger partial charge on any atom is -0.382 e. The summed E-state index contributed by atoms with van der Waals surface area (Å²) >= 11 is 0. The van der Waals surface area contributed by atoms with Crippen LogP contribution >= 0.6 is 0 Å². The topological polar surface area (TPSA) is 47.1 Å². The zero-order valence-corrected chi connectivity index (χ0v) is 8.90. The number of likely N-dealkylation sites (tertiary alicyclic amines) is 1. The van der Waals surface area contributed by atoms with Crippen molar-refractivity contribution in [1.82, 2.24) is 14.7 Å². The van der Waals surface area contributed by atoms with E-state index in [1.807, 2.05) is 17.8 Å². The fourth-order valence-corrected chi connectivity index (χ4v) is 2.19. The Hall–Kier alpha value is -1.03. The molecule has 14 heavy (non-hydrogen) atoms. The molecule has 0 saturated carbocycles. The summed E-state index contributed by atoms with van der Waals surface area (Å²) in [6.45, 7) is 2.35. The molecule has 4 heteroatoms. The first-order valence-corrected chi connectivity index (χ1v) is 5.15. The molecule has 2 heterocycles. The molecular formula is C10H18N4. The van der Waals surface area contributed by atoms with Crippen molar-refractivity contribution in [2.75, 3.05) is 25.9 Å². The van der Waals surface area contributed by atoms with Crippen LogP contribution in [0.1, 0.15) is 24.5 Å². The van der Waals surface area contributed by atoms with Gasteiger partial charge >= 0.3 is 0 Å². The fourth-order valence-electron chi connectivity index (χ4n) is 2.19. The van der Waals surface area contributed by atoms with Crippen molar-refractivity contribution in [3.05, 3.63) is 11.8 Å².